The Morgan fingerprint density at radius 3 is 3.03 bits per heavy atom. The molecule has 0 spiro atoms. The minimum atomic E-state index is 0.0221. The molecule has 0 saturated heterocycles. The predicted octanol–water partition coefficient (Wildman–Crippen LogP) is 2.32. The Labute approximate surface area is 197 Å². The van der Waals surface area contributed by atoms with E-state index in [9.17, 15) is 0 Å². The first-order valence-electron chi connectivity index (χ1n) is 10.8. The Kier molecular flexibility index (Phi) is 9.35. The van der Waals surface area contributed by atoms with Gasteiger partial charge in [0, 0.05) is 0 Å². The van der Waals surface area contributed by atoms with E-state index in [1.54, 1.807) is 0 Å². The van der Waals surface area contributed by atoms with Gasteiger partial charge in [-0.15, -0.1) is 0 Å². The average Bonchev–Trinajstić information content (AvgIpc) is 3.58. The quantitative estimate of drug-likeness (QED) is 0.235. The molecule has 3 rings (SSSR count). The Morgan fingerprint density at radius 1 is 1.47 bits per heavy atom. The van der Waals surface area contributed by atoms with Crippen LogP contribution in [0.25, 0.3) is 0 Å². The molecule has 1 aliphatic heterocycles. The predicted molar refractivity (Wildman–Crippen MR) is 124 cm³/mol. The summed E-state index contributed by atoms with van der Waals surface area (Å²) in [5.74, 6) is 1.63. The van der Waals surface area contributed by atoms with Crippen LogP contribution in [0.15, 0.2) is 69.8 Å². The number of alkyl halides is 3. The summed E-state index contributed by atoms with van der Waals surface area (Å²) in [5, 5.41) is 3.64. The molecule has 1 saturated carbocycles. The number of hydrogen-bond donors (Lipinski definition) is 1. The van der Waals surface area contributed by atoms with E-state index < -0.39 is 0 Å². The summed E-state index contributed by atoms with van der Waals surface area (Å²) in [6, 6.07) is 0.147. The fraction of sp³-hybridized carbons (Fsp3) is 0.520. The Balaban J connectivity index is 1.73. The van der Waals surface area contributed by atoms with Gasteiger partial charge in [-0.1, -0.05) is 0 Å². The molecule has 3 nitrogen and oxygen atoms in total. The van der Waals surface area contributed by atoms with Crippen molar-refractivity contribution in [3.63, 3.8) is 0 Å². The van der Waals surface area contributed by atoms with Gasteiger partial charge in [0.05, 0.1) is 0 Å². The number of allylic oxidation sites excluding steroid dienone is 5. The summed E-state index contributed by atoms with van der Waals surface area (Å²) in [6.07, 6.45) is 15.7. The third kappa shape index (κ3) is 7.18. The van der Waals surface area contributed by atoms with Crippen molar-refractivity contribution in [2.45, 2.75) is 50.4 Å². The van der Waals surface area contributed by atoms with Gasteiger partial charge >= 0.3 is 179 Å². The molecule has 0 aromatic carbocycles. The molecule has 0 aromatic heterocycles. The van der Waals surface area contributed by atoms with Crippen LogP contribution in [-0.2, 0) is 4.74 Å². The molecular weight excluding hydrogens is 507 g/mol. The van der Waals surface area contributed by atoms with E-state index in [2.05, 4.69) is 52.8 Å². The standard InChI is InChI=1S/C25H33ClIN2O/c1-4-18(2)29-25(13-12-23-21(14-27-3)15-28-16-24(23)26)20-6-5-7-22(11-10-20)30-17-19-8-9-19/h5-7,11,15,19,24-25,29H,2,4,8-9,12-14,16-17H2,1,3H3/q-1/t24?,25-/m0/s1. The molecule has 0 radical (unpaired) electrons. The first-order chi connectivity index (χ1) is 14.6. The number of hydrogen-bond acceptors (Lipinski definition) is 3. The van der Waals surface area contributed by atoms with Crippen LogP contribution in [0.1, 0.15) is 39.0 Å². The number of halogens is 2. The molecule has 30 heavy (non-hydrogen) atoms. The van der Waals surface area contributed by atoms with Crippen molar-refractivity contribution in [1.82, 2.24) is 5.32 Å². The van der Waals surface area contributed by atoms with Crippen LogP contribution >= 0.6 is 11.6 Å². The summed E-state index contributed by atoms with van der Waals surface area (Å²) in [4.78, 5) is 6.77. The minimum absolute atomic E-state index is 0.0221. The Bertz CT molecular complexity index is 813. The zero-order valence-corrected chi connectivity index (χ0v) is 21.0. The molecule has 1 N–H and O–H groups in total. The van der Waals surface area contributed by atoms with Crippen molar-refractivity contribution in [3.8, 4) is 0 Å². The maximum absolute atomic E-state index is 6.66. The Morgan fingerprint density at radius 2 is 2.30 bits per heavy atom. The number of rotatable bonds is 12. The molecule has 1 fully saturated rings. The second-order valence-electron chi connectivity index (χ2n) is 8.03. The summed E-state index contributed by atoms with van der Waals surface area (Å²) in [7, 11) is 0. The maximum atomic E-state index is 6.66. The van der Waals surface area contributed by atoms with E-state index in [1.807, 2.05) is 12.2 Å². The van der Waals surface area contributed by atoms with Gasteiger partial charge in [-0.25, -0.2) is 0 Å². The van der Waals surface area contributed by atoms with Gasteiger partial charge in [-0.2, -0.15) is 0 Å². The number of dihydropyridines is 1. The van der Waals surface area contributed by atoms with Crippen molar-refractivity contribution in [3.05, 3.63) is 64.8 Å². The van der Waals surface area contributed by atoms with Crippen LogP contribution in [0.2, 0.25) is 0 Å². The average molecular weight is 540 g/mol. The number of aliphatic imine (C=N–C) groups is 1. The fourth-order valence-corrected chi connectivity index (χ4v) is 5.32. The molecular formula is C25H33ClIN2O-. The second-order valence-corrected chi connectivity index (χ2v) is 10.8. The normalized spacial score (nSPS) is 21.9. The van der Waals surface area contributed by atoms with Crippen molar-refractivity contribution < 1.29 is 25.9 Å². The van der Waals surface area contributed by atoms with E-state index in [1.165, 1.54) is 24.0 Å². The van der Waals surface area contributed by atoms with Crippen molar-refractivity contribution >= 4 is 17.8 Å². The summed E-state index contributed by atoms with van der Waals surface area (Å²) in [5.41, 5.74) is 8.39. The zero-order chi connectivity index (χ0) is 21.3. The number of ether oxygens (including phenoxy) is 1. The van der Waals surface area contributed by atoms with Gasteiger partial charge in [-0.3, -0.25) is 0 Å². The van der Waals surface area contributed by atoms with E-state index in [0.717, 1.165) is 53.2 Å². The topological polar surface area (TPSA) is 33.6 Å². The second kappa shape index (κ2) is 12.0. The van der Waals surface area contributed by atoms with Crippen LogP contribution in [0.4, 0.5) is 0 Å². The number of nitrogens with one attached hydrogen (secondary N) is 1. The first kappa shape index (κ1) is 23.4. The van der Waals surface area contributed by atoms with Crippen molar-refractivity contribution in [2.24, 2.45) is 10.9 Å². The van der Waals surface area contributed by atoms with Crippen LogP contribution in [-0.4, -0.2) is 40.1 Å². The van der Waals surface area contributed by atoms with Gasteiger partial charge in [0.25, 0.3) is 0 Å². The zero-order valence-electron chi connectivity index (χ0n) is 18.1. The molecule has 2 atom stereocenters. The summed E-state index contributed by atoms with van der Waals surface area (Å²) in [6.45, 7) is 7.81. The Hall–Kier alpha value is -1.23. The van der Waals surface area contributed by atoms with Gasteiger partial charge in [0.2, 0.25) is 0 Å². The van der Waals surface area contributed by atoms with E-state index >= 15 is 0 Å². The molecule has 164 valence electrons. The molecule has 0 amide bonds. The van der Waals surface area contributed by atoms with Gasteiger partial charge < -0.3 is 0 Å². The van der Waals surface area contributed by atoms with Gasteiger partial charge in [0.15, 0.2) is 0 Å². The van der Waals surface area contributed by atoms with Gasteiger partial charge in [-0.05, 0) is 18.8 Å². The van der Waals surface area contributed by atoms with Crippen LogP contribution in [0.3, 0.4) is 0 Å². The van der Waals surface area contributed by atoms with Crippen LogP contribution < -0.4 is 26.5 Å². The summed E-state index contributed by atoms with van der Waals surface area (Å²) >= 11 is 6.83. The molecule has 1 unspecified atom stereocenters. The van der Waals surface area contributed by atoms with Crippen molar-refractivity contribution in [1.29, 1.82) is 0 Å². The first-order valence-corrected chi connectivity index (χ1v) is 14.9. The van der Waals surface area contributed by atoms with Crippen molar-refractivity contribution in [2.75, 3.05) is 22.5 Å². The fourth-order valence-electron chi connectivity index (χ4n) is 3.49. The SMILES string of the molecule is C=C(CC)N[C@@H](CCC1=C(C[I-]C)C=NCC1Cl)C1=C=CC(OCC2CC2)=CC=C1. The number of nitrogens with zero attached hydrogens (tertiary/aromatic N) is 1. The monoisotopic (exact) mass is 539 g/mol. The van der Waals surface area contributed by atoms with Crippen LogP contribution in [0, 0.1) is 5.92 Å². The van der Waals surface area contributed by atoms with E-state index in [0.29, 0.717) is 6.54 Å². The third-order valence-corrected chi connectivity index (χ3v) is 7.55. The molecule has 3 aliphatic rings. The molecule has 0 bridgehead atoms. The molecule has 1 heterocycles. The summed E-state index contributed by atoms with van der Waals surface area (Å²) < 4.78 is 7.08. The molecule has 2 aliphatic carbocycles. The van der Waals surface area contributed by atoms with E-state index in [4.69, 9.17) is 16.3 Å². The van der Waals surface area contributed by atoms with Crippen LogP contribution in [0.5, 0.6) is 0 Å². The van der Waals surface area contributed by atoms with Gasteiger partial charge in [0.1, 0.15) is 0 Å². The third-order valence-electron chi connectivity index (χ3n) is 5.56. The molecule has 5 heteroatoms. The molecule has 0 aromatic rings. The van der Waals surface area contributed by atoms with E-state index in [-0.39, 0.29) is 32.6 Å².